The molecule has 0 amide bonds. The first-order valence-electron chi connectivity index (χ1n) is 8.58. The van der Waals surface area contributed by atoms with Crippen molar-refractivity contribution in [2.75, 3.05) is 45.4 Å². The molecule has 1 heterocycles. The van der Waals surface area contributed by atoms with Gasteiger partial charge in [-0.05, 0) is 54.6 Å². The van der Waals surface area contributed by atoms with E-state index in [0.717, 1.165) is 37.6 Å². The number of ether oxygens (including phenoxy) is 3. The third kappa shape index (κ3) is 4.24. The van der Waals surface area contributed by atoms with E-state index in [1.165, 1.54) is 0 Å². The monoisotopic (exact) mass is 353 g/mol. The number of morpholine rings is 1. The van der Waals surface area contributed by atoms with Crippen molar-refractivity contribution in [1.82, 2.24) is 0 Å². The van der Waals surface area contributed by atoms with Gasteiger partial charge in [0.15, 0.2) is 5.78 Å². The van der Waals surface area contributed by atoms with E-state index < -0.39 is 0 Å². The summed E-state index contributed by atoms with van der Waals surface area (Å²) in [6.45, 7) is 3.24. The fraction of sp³-hybridized carbons (Fsp3) is 0.286. The smallest absolute Gasteiger partial charge is 0.185 e. The van der Waals surface area contributed by atoms with Crippen LogP contribution in [0.2, 0.25) is 0 Å². The van der Waals surface area contributed by atoms with Crippen LogP contribution in [0.3, 0.4) is 0 Å². The Morgan fingerprint density at radius 2 is 1.77 bits per heavy atom. The first-order valence-corrected chi connectivity index (χ1v) is 8.58. The van der Waals surface area contributed by atoms with E-state index in [1.54, 1.807) is 26.4 Å². The van der Waals surface area contributed by atoms with Crippen LogP contribution in [-0.2, 0) is 4.74 Å². The summed E-state index contributed by atoms with van der Waals surface area (Å²) in [6, 6.07) is 13.2. The molecule has 5 heteroatoms. The molecule has 26 heavy (non-hydrogen) atoms. The van der Waals surface area contributed by atoms with Gasteiger partial charge in [0.05, 0.1) is 27.4 Å². The van der Waals surface area contributed by atoms with Gasteiger partial charge in [0.1, 0.15) is 11.5 Å². The first kappa shape index (κ1) is 18.0. The number of methoxy groups -OCH3 is 2. The maximum absolute atomic E-state index is 12.5. The highest BCUT2D eigenvalue weighted by Gasteiger charge is 2.11. The molecule has 0 atom stereocenters. The molecule has 0 radical (unpaired) electrons. The summed E-state index contributed by atoms with van der Waals surface area (Å²) in [5.74, 6) is 1.36. The standard InChI is InChI=1S/C21H23NO4/c1-24-19-8-10-21(25-2)17(15-19)5-9-20(23)16-3-6-18(7-4-16)22-11-13-26-14-12-22/h3-10,15H,11-14H2,1-2H3/b9-5+. The molecule has 0 spiro atoms. The average molecular weight is 353 g/mol. The summed E-state index contributed by atoms with van der Waals surface area (Å²) >= 11 is 0. The highest BCUT2D eigenvalue weighted by molar-refractivity contribution is 6.07. The minimum Gasteiger partial charge on any atom is -0.497 e. The number of nitrogens with zero attached hydrogens (tertiary/aromatic N) is 1. The predicted octanol–water partition coefficient (Wildman–Crippen LogP) is 3.44. The number of rotatable bonds is 6. The molecule has 2 aromatic rings. The fourth-order valence-corrected chi connectivity index (χ4v) is 2.89. The van der Waals surface area contributed by atoms with Crippen molar-refractivity contribution >= 4 is 17.5 Å². The van der Waals surface area contributed by atoms with Crippen LogP contribution in [-0.4, -0.2) is 46.3 Å². The molecule has 1 aliphatic rings. The molecule has 0 saturated carbocycles. The van der Waals surface area contributed by atoms with E-state index in [9.17, 15) is 4.79 Å². The van der Waals surface area contributed by atoms with Crippen LogP contribution < -0.4 is 14.4 Å². The Morgan fingerprint density at radius 3 is 2.42 bits per heavy atom. The van der Waals surface area contributed by atoms with Crippen LogP contribution in [0.1, 0.15) is 15.9 Å². The quantitative estimate of drug-likeness (QED) is 0.588. The maximum Gasteiger partial charge on any atom is 0.185 e. The van der Waals surface area contributed by atoms with E-state index in [-0.39, 0.29) is 5.78 Å². The van der Waals surface area contributed by atoms with Crippen molar-refractivity contribution < 1.29 is 19.0 Å². The van der Waals surface area contributed by atoms with Crippen molar-refractivity contribution in [3.05, 3.63) is 59.7 Å². The SMILES string of the molecule is COc1ccc(OC)c(/C=C/C(=O)c2ccc(N3CCOCC3)cc2)c1. The molecular weight excluding hydrogens is 330 g/mol. The van der Waals surface area contributed by atoms with E-state index >= 15 is 0 Å². The summed E-state index contributed by atoms with van der Waals surface area (Å²) in [5, 5.41) is 0. The van der Waals surface area contributed by atoms with Crippen LogP contribution in [0.4, 0.5) is 5.69 Å². The molecule has 0 aromatic heterocycles. The number of carbonyl (C=O) groups excluding carboxylic acids is 1. The number of anilines is 1. The topological polar surface area (TPSA) is 48.0 Å². The van der Waals surface area contributed by atoms with E-state index in [1.807, 2.05) is 42.5 Å². The van der Waals surface area contributed by atoms with E-state index in [4.69, 9.17) is 14.2 Å². The van der Waals surface area contributed by atoms with Crippen molar-refractivity contribution in [3.8, 4) is 11.5 Å². The van der Waals surface area contributed by atoms with Gasteiger partial charge in [0.2, 0.25) is 0 Å². The van der Waals surface area contributed by atoms with Gasteiger partial charge in [0, 0.05) is 29.9 Å². The Balaban J connectivity index is 1.72. The fourth-order valence-electron chi connectivity index (χ4n) is 2.89. The minimum absolute atomic E-state index is 0.0524. The Labute approximate surface area is 153 Å². The molecule has 1 saturated heterocycles. The Morgan fingerprint density at radius 1 is 1.04 bits per heavy atom. The number of hydrogen-bond acceptors (Lipinski definition) is 5. The van der Waals surface area contributed by atoms with Crippen LogP contribution in [0.15, 0.2) is 48.5 Å². The van der Waals surface area contributed by atoms with Gasteiger partial charge >= 0.3 is 0 Å². The van der Waals surface area contributed by atoms with Gasteiger partial charge in [-0.15, -0.1) is 0 Å². The second-order valence-electron chi connectivity index (χ2n) is 5.95. The molecule has 0 aliphatic carbocycles. The zero-order valence-electron chi connectivity index (χ0n) is 15.1. The van der Waals surface area contributed by atoms with Gasteiger partial charge in [-0.2, -0.15) is 0 Å². The normalized spacial score (nSPS) is 14.5. The summed E-state index contributed by atoms with van der Waals surface area (Å²) < 4.78 is 15.9. The molecule has 2 aromatic carbocycles. The lowest BCUT2D eigenvalue weighted by atomic mass is 10.1. The third-order valence-corrected chi connectivity index (χ3v) is 4.38. The lowest BCUT2D eigenvalue weighted by molar-refractivity contribution is 0.104. The molecule has 0 unspecified atom stereocenters. The number of carbonyl (C=O) groups is 1. The molecule has 3 rings (SSSR count). The van der Waals surface area contributed by atoms with Gasteiger partial charge in [-0.3, -0.25) is 4.79 Å². The average Bonchev–Trinajstić information content (AvgIpc) is 2.72. The van der Waals surface area contributed by atoms with Crippen molar-refractivity contribution in [1.29, 1.82) is 0 Å². The zero-order valence-corrected chi connectivity index (χ0v) is 15.1. The summed E-state index contributed by atoms with van der Waals surface area (Å²) in [5.41, 5.74) is 2.56. The van der Waals surface area contributed by atoms with E-state index in [2.05, 4.69) is 4.90 Å². The largest absolute Gasteiger partial charge is 0.497 e. The van der Waals surface area contributed by atoms with Crippen LogP contribution in [0.25, 0.3) is 6.08 Å². The predicted molar refractivity (Wildman–Crippen MR) is 102 cm³/mol. The summed E-state index contributed by atoms with van der Waals surface area (Å²) in [4.78, 5) is 14.7. The van der Waals surface area contributed by atoms with E-state index in [0.29, 0.717) is 17.1 Å². The van der Waals surface area contributed by atoms with Gasteiger partial charge in [-0.25, -0.2) is 0 Å². The van der Waals surface area contributed by atoms with Gasteiger partial charge in [0.25, 0.3) is 0 Å². The third-order valence-electron chi connectivity index (χ3n) is 4.38. The van der Waals surface area contributed by atoms with Gasteiger partial charge < -0.3 is 19.1 Å². The van der Waals surface area contributed by atoms with Crippen molar-refractivity contribution in [3.63, 3.8) is 0 Å². The Hall–Kier alpha value is -2.79. The highest BCUT2D eigenvalue weighted by atomic mass is 16.5. The van der Waals surface area contributed by atoms with Crippen molar-refractivity contribution in [2.24, 2.45) is 0 Å². The second kappa shape index (κ2) is 8.54. The second-order valence-corrected chi connectivity index (χ2v) is 5.95. The van der Waals surface area contributed by atoms with Crippen LogP contribution in [0.5, 0.6) is 11.5 Å². The molecule has 1 fully saturated rings. The number of ketones is 1. The molecule has 5 nitrogen and oxygen atoms in total. The highest BCUT2D eigenvalue weighted by Crippen LogP contribution is 2.25. The minimum atomic E-state index is -0.0524. The molecule has 0 bridgehead atoms. The molecule has 136 valence electrons. The molecule has 0 N–H and O–H groups in total. The number of hydrogen-bond donors (Lipinski definition) is 0. The van der Waals surface area contributed by atoms with Crippen LogP contribution >= 0.6 is 0 Å². The van der Waals surface area contributed by atoms with Gasteiger partial charge in [-0.1, -0.05) is 0 Å². The maximum atomic E-state index is 12.5. The summed E-state index contributed by atoms with van der Waals surface area (Å²) in [7, 11) is 3.21. The molecule has 1 aliphatic heterocycles. The Kier molecular flexibility index (Phi) is 5.92. The lowest BCUT2D eigenvalue weighted by Gasteiger charge is -2.28. The number of benzene rings is 2. The first-order chi connectivity index (χ1) is 12.7. The van der Waals surface area contributed by atoms with Crippen molar-refractivity contribution in [2.45, 2.75) is 0 Å². The Bertz CT molecular complexity index is 777. The lowest BCUT2D eigenvalue weighted by Crippen LogP contribution is -2.36. The molecular formula is C21H23NO4. The number of allylic oxidation sites excluding steroid dienone is 1. The summed E-state index contributed by atoms with van der Waals surface area (Å²) in [6.07, 6.45) is 3.31. The van der Waals surface area contributed by atoms with Crippen LogP contribution in [0, 0.1) is 0 Å². The zero-order chi connectivity index (χ0) is 18.4.